The standard InChI is InChI=1S/C16H21ClN2/c1-12-5-3-6-13-15(12)19(14(18-13)7-10-17)11-16(2)8-4-9-16/h3,5-6H,4,7-11H2,1-2H3. The number of imidazole rings is 1. The average Bonchev–Trinajstić information content (AvgIpc) is 2.67. The average molecular weight is 277 g/mol. The molecule has 1 aliphatic carbocycles. The number of hydrogen-bond donors (Lipinski definition) is 0. The van der Waals surface area contributed by atoms with Crippen LogP contribution in [0.4, 0.5) is 0 Å². The van der Waals surface area contributed by atoms with Crippen molar-refractivity contribution in [3.63, 3.8) is 0 Å². The Bertz CT molecular complexity index is 596. The van der Waals surface area contributed by atoms with Gasteiger partial charge in [0.05, 0.1) is 11.0 Å². The van der Waals surface area contributed by atoms with Gasteiger partial charge in [0.2, 0.25) is 0 Å². The van der Waals surface area contributed by atoms with Gasteiger partial charge in [-0.2, -0.15) is 0 Å². The summed E-state index contributed by atoms with van der Waals surface area (Å²) in [5, 5.41) is 0. The number of alkyl halides is 1. The van der Waals surface area contributed by atoms with Crippen LogP contribution in [0.3, 0.4) is 0 Å². The van der Waals surface area contributed by atoms with Crippen molar-refractivity contribution in [3.05, 3.63) is 29.6 Å². The number of fused-ring (bicyclic) bond motifs is 1. The van der Waals surface area contributed by atoms with Crippen LogP contribution in [0.25, 0.3) is 11.0 Å². The van der Waals surface area contributed by atoms with E-state index in [1.54, 1.807) is 0 Å². The van der Waals surface area contributed by atoms with E-state index in [4.69, 9.17) is 16.6 Å². The van der Waals surface area contributed by atoms with Gasteiger partial charge in [0.15, 0.2) is 0 Å². The fraction of sp³-hybridized carbons (Fsp3) is 0.562. The maximum atomic E-state index is 5.94. The van der Waals surface area contributed by atoms with Gasteiger partial charge in [-0.1, -0.05) is 25.5 Å². The molecule has 0 aliphatic heterocycles. The second-order valence-electron chi connectivity index (χ2n) is 6.16. The lowest BCUT2D eigenvalue weighted by Crippen LogP contribution is -2.31. The summed E-state index contributed by atoms with van der Waals surface area (Å²) in [6.07, 6.45) is 4.89. The molecule has 0 unspecified atom stereocenters. The summed E-state index contributed by atoms with van der Waals surface area (Å²) >= 11 is 5.94. The highest BCUT2D eigenvalue weighted by Gasteiger charge is 2.33. The fourth-order valence-electron chi connectivity index (χ4n) is 3.18. The first-order valence-electron chi connectivity index (χ1n) is 7.14. The van der Waals surface area contributed by atoms with Crippen molar-refractivity contribution in [2.75, 3.05) is 5.88 Å². The van der Waals surface area contributed by atoms with Crippen LogP contribution in [0.1, 0.15) is 37.6 Å². The van der Waals surface area contributed by atoms with E-state index in [0.29, 0.717) is 11.3 Å². The predicted octanol–water partition coefficient (Wildman–Crippen LogP) is 4.32. The molecule has 2 nitrogen and oxygen atoms in total. The molecule has 0 atom stereocenters. The number of aryl methyl sites for hydroxylation is 2. The maximum Gasteiger partial charge on any atom is 0.111 e. The zero-order chi connectivity index (χ0) is 13.5. The van der Waals surface area contributed by atoms with Crippen molar-refractivity contribution in [1.82, 2.24) is 9.55 Å². The summed E-state index contributed by atoms with van der Waals surface area (Å²) in [6, 6.07) is 6.37. The molecule has 3 heteroatoms. The van der Waals surface area contributed by atoms with E-state index in [9.17, 15) is 0 Å². The molecule has 0 bridgehead atoms. The normalized spacial score (nSPS) is 17.6. The highest BCUT2D eigenvalue weighted by molar-refractivity contribution is 6.17. The Labute approximate surface area is 119 Å². The molecule has 0 radical (unpaired) electrons. The molecule has 1 aliphatic rings. The topological polar surface area (TPSA) is 17.8 Å². The number of para-hydroxylation sites is 1. The van der Waals surface area contributed by atoms with E-state index in [1.165, 1.54) is 30.3 Å². The molecule has 3 rings (SSSR count). The second-order valence-corrected chi connectivity index (χ2v) is 6.54. The van der Waals surface area contributed by atoms with E-state index in [2.05, 4.69) is 36.6 Å². The van der Waals surface area contributed by atoms with Gasteiger partial charge in [-0.05, 0) is 36.8 Å². The van der Waals surface area contributed by atoms with Gasteiger partial charge in [0.1, 0.15) is 5.82 Å². The first-order chi connectivity index (χ1) is 9.13. The number of aromatic nitrogens is 2. The van der Waals surface area contributed by atoms with Crippen LogP contribution in [-0.4, -0.2) is 15.4 Å². The molecule has 0 spiro atoms. The minimum atomic E-state index is 0.455. The van der Waals surface area contributed by atoms with Gasteiger partial charge in [-0.25, -0.2) is 4.98 Å². The molecule has 1 aromatic heterocycles. The summed E-state index contributed by atoms with van der Waals surface area (Å²) in [6.45, 7) is 5.65. The van der Waals surface area contributed by atoms with Crippen LogP contribution in [0.5, 0.6) is 0 Å². The number of nitrogens with zero attached hydrogens (tertiary/aromatic N) is 2. The molecule has 102 valence electrons. The zero-order valence-electron chi connectivity index (χ0n) is 11.7. The quantitative estimate of drug-likeness (QED) is 0.761. The van der Waals surface area contributed by atoms with Crippen molar-refractivity contribution in [1.29, 1.82) is 0 Å². The Hall–Kier alpha value is -1.02. The highest BCUT2D eigenvalue weighted by atomic mass is 35.5. The van der Waals surface area contributed by atoms with Crippen LogP contribution in [-0.2, 0) is 13.0 Å². The molecule has 19 heavy (non-hydrogen) atoms. The number of halogens is 1. The molecule has 0 amide bonds. The van der Waals surface area contributed by atoms with E-state index >= 15 is 0 Å². The lowest BCUT2D eigenvalue weighted by Gasteiger charge is -2.39. The third-order valence-electron chi connectivity index (χ3n) is 4.47. The number of benzene rings is 1. The van der Waals surface area contributed by atoms with Crippen LogP contribution >= 0.6 is 11.6 Å². The van der Waals surface area contributed by atoms with Crippen molar-refractivity contribution < 1.29 is 0 Å². The summed E-state index contributed by atoms with van der Waals surface area (Å²) in [5.74, 6) is 1.78. The lowest BCUT2D eigenvalue weighted by atomic mass is 9.70. The van der Waals surface area contributed by atoms with Crippen LogP contribution in [0.15, 0.2) is 18.2 Å². The zero-order valence-corrected chi connectivity index (χ0v) is 12.5. The lowest BCUT2D eigenvalue weighted by molar-refractivity contribution is 0.132. The minimum absolute atomic E-state index is 0.455. The SMILES string of the molecule is Cc1cccc2nc(CCCl)n(CC3(C)CCC3)c12. The van der Waals surface area contributed by atoms with Crippen LogP contribution in [0, 0.1) is 12.3 Å². The molecular formula is C16H21ClN2. The molecular weight excluding hydrogens is 256 g/mol. The third kappa shape index (κ3) is 2.27. The van der Waals surface area contributed by atoms with Gasteiger partial charge in [-0.15, -0.1) is 11.6 Å². The summed E-state index contributed by atoms with van der Waals surface area (Å²) < 4.78 is 2.42. The predicted molar refractivity (Wildman–Crippen MR) is 80.9 cm³/mol. The van der Waals surface area contributed by atoms with E-state index in [-0.39, 0.29) is 0 Å². The largest absolute Gasteiger partial charge is 0.327 e. The second kappa shape index (κ2) is 4.82. The van der Waals surface area contributed by atoms with Crippen LogP contribution < -0.4 is 0 Å². The third-order valence-corrected chi connectivity index (χ3v) is 4.66. The van der Waals surface area contributed by atoms with E-state index in [1.807, 2.05) is 0 Å². The maximum absolute atomic E-state index is 5.94. The molecule has 1 saturated carbocycles. The Morgan fingerprint density at radius 2 is 2.16 bits per heavy atom. The first kappa shape index (κ1) is 13.0. The Balaban J connectivity index is 2.10. The molecule has 1 aromatic carbocycles. The molecule has 1 fully saturated rings. The smallest absolute Gasteiger partial charge is 0.111 e. The monoisotopic (exact) mass is 276 g/mol. The van der Waals surface area contributed by atoms with Gasteiger partial charge in [-0.3, -0.25) is 0 Å². The van der Waals surface area contributed by atoms with Gasteiger partial charge >= 0.3 is 0 Å². The molecule has 0 saturated heterocycles. The first-order valence-corrected chi connectivity index (χ1v) is 7.67. The van der Waals surface area contributed by atoms with Gasteiger partial charge in [0.25, 0.3) is 0 Å². The fourth-order valence-corrected chi connectivity index (χ4v) is 3.35. The summed E-state index contributed by atoms with van der Waals surface area (Å²) in [5.41, 5.74) is 4.18. The molecule has 2 aromatic rings. The Kier molecular flexibility index (Phi) is 3.30. The molecule has 0 N–H and O–H groups in total. The highest BCUT2D eigenvalue weighted by Crippen LogP contribution is 2.42. The van der Waals surface area contributed by atoms with E-state index in [0.717, 1.165) is 24.3 Å². The van der Waals surface area contributed by atoms with Gasteiger partial charge in [0, 0.05) is 18.8 Å². The van der Waals surface area contributed by atoms with Crippen molar-refractivity contribution in [2.24, 2.45) is 5.41 Å². The summed E-state index contributed by atoms with van der Waals surface area (Å²) in [4.78, 5) is 4.78. The number of rotatable bonds is 4. The van der Waals surface area contributed by atoms with Crippen molar-refractivity contribution in [2.45, 2.75) is 46.1 Å². The Morgan fingerprint density at radius 1 is 1.37 bits per heavy atom. The van der Waals surface area contributed by atoms with Crippen molar-refractivity contribution >= 4 is 22.6 Å². The molecule has 1 heterocycles. The Morgan fingerprint density at radius 3 is 2.79 bits per heavy atom. The van der Waals surface area contributed by atoms with Crippen LogP contribution in [0.2, 0.25) is 0 Å². The summed E-state index contributed by atoms with van der Waals surface area (Å²) in [7, 11) is 0. The minimum Gasteiger partial charge on any atom is -0.327 e. The van der Waals surface area contributed by atoms with E-state index < -0.39 is 0 Å². The van der Waals surface area contributed by atoms with Gasteiger partial charge < -0.3 is 4.57 Å². The van der Waals surface area contributed by atoms with Crippen molar-refractivity contribution in [3.8, 4) is 0 Å². The number of hydrogen-bond acceptors (Lipinski definition) is 1.